The second kappa shape index (κ2) is 9.17. The zero-order valence-electron chi connectivity index (χ0n) is 15.0. The fourth-order valence-electron chi connectivity index (χ4n) is 3.67. The second-order valence-electron chi connectivity index (χ2n) is 7.18. The number of rotatable bonds is 5. The standard InChI is InChI=1S/C18H27N3O3S.ClH/c1-13-11-16(9-10-19-13)20-18(22)14-5-4-8-17(12-14)25(23,24)21-15-6-2-3-7-15;/h4-5,8,12-13,15-16,19,21H,2-3,6-7,9-11H2,1H3,(H,20,22);1H. The van der Waals surface area contributed by atoms with Gasteiger partial charge in [-0.25, -0.2) is 13.1 Å². The molecule has 146 valence electrons. The zero-order chi connectivity index (χ0) is 17.9. The molecule has 1 saturated heterocycles. The van der Waals surface area contributed by atoms with E-state index in [0.717, 1.165) is 45.1 Å². The maximum atomic E-state index is 12.5. The van der Waals surface area contributed by atoms with Gasteiger partial charge in [0.2, 0.25) is 10.0 Å². The van der Waals surface area contributed by atoms with Crippen LogP contribution in [0.4, 0.5) is 0 Å². The third-order valence-electron chi connectivity index (χ3n) is 5.04. The summed E-state index contributed by atoms with van der Waals surface area (Å²) in [6.07, 6.45) is 5.65. The van der Waals surface area contributed by atoms with Crippen LogP contribution in [0.3, 0.4) is 0 Å². The highest BCUT2D eigenvalue weighted by atomic mass is 35.5. The van der Waals surface area contributed by atoms with Gasteiger partial charge in [0.25, 0.3) is 5.91 Å². The van der Waals surface area contributed by atoms with Gasteiger partial charge in [-0.05, 0) is 57.4 Å². The maximum absolute atomic E-state index is 12.5. The largest absolute Gasteiger partial charge is 0.349 e. The molecule has 2 unspecified atom stereocenters. The minimum absolute atomic E-state index is 0. The Balaban J connectivity index is 0.00000243. The monoisotopic (exact) mass is 401 g/mol. The first-order valence-corrected chi connectivity index (χ1v) is 10.6. The highest BCUT2D eigenvalue weighted by Crippen LogP contribution is 2.21. The molecule has 0 spiro atoms. The quantitative estimate of drug-likeness (QED) is 0.705. The van der Waals surface area contributed by atoms with Gasteiger partial charge in [-0.1, -0.05) is 18.9 Å². The highest BCUT2D eigenvalue weighted by molar-refractivity contribution is 7.89. The van der Waals surface area contributed by atoms with Gasteiger partial charge in [-0.2, -0.15) is 0 Å². The number of hydrogen-bond donors (Lipinski definition) is 3. The van der Waals surface area contributed by atoms with Crippen molar-refractivity contribution in [2.45, 2.75) is 68.5 Å². The Morgan fingerprint density at radius 1 is 1.15 bits per heavy atom. The molecular weight excluding hydrogens is 374 g/mol. The normalized spacial score (nSPS) is 24.0. The smallest absolute Gasteiger partial charge is 0.251 e. The topological polar surface area (TPSA) is 87.3 Å². The number of hydrogen-bond acceptors (Lipinski definition) is 4. The van der Waals surface area contributed by atoms with E-state index >= 15 is 0 Å². The highest BCUT2D eigenvalue weighted by Gasteiger charge is 2.24. The van der Waals surface area contributed by atoms with Crippen LogP contribution in [-0.4, -0.2) is 39.0 Å². The first kappa shape index (κ1) is 21.2. The Morgan fingerprint density at radius 3 is 2.58 bits per heavy atom. The molecule has 0 aromatic heterocycles. The van der Waals surface area contributed by atoms with Gasteiger partial charge >= 0.3 is 0 Å². The van der Waals surface area contributed by atoms with E-state index in [0.29, 0.717) is 11.6 Å². The van der Waals surface area contributed by atoms with Crippen LogP contribution >= 0.6 is 12.4 Å². The first-order chi connectivity index (χ1) is 11.9. The number of amides is 1. The average Bonchev–Trinajstić information content (AvgIpc) is 3.07. The molecule has 1 saturated carbocycles. The zero-order valence-corrected chi connectivity index (χ0v) is 16.7. The van der Waals surface area contributed by atoms with Crippen molar-refractivity contribution >= 4 is 28.3 Å². The second-order valence-corrected chi connectivity index (χ2v) is 8.89. The molecule has 8 heteroatoms. The van der Waals surface area contributed by atoms with Crippen molar-refractivity contribution in [3.8, 4) is 0 Å². The van der Waals surface area contributed by atoms with Crippen LogP contribution in [0.2, 0.25) is 0 Å². The molecule has 2 fully saturated rings. The van der Waals surface area contributed by atoms with Gasteiger partial charge in [-0.15, -0.1) is 12.4 Å². The van der Waals surface area contributed by atoms with E-state index in [4.69, 9.17) is 0 Å². The van der Waals surface area contributed by atoms with Gasteiger partial charge in [0, 0.05) is 23.7 Å². The molecule has 1 amide bonds. The van der Waals surface area contributed by atoms with Crippen molar-refractivity contribution in [1.29, 1.82) is 0 Å². The molecule has 1 aromatic rings. The van der Waals surface area contributed by atoms with E-state index in [-0.39, 0.29) is 35.3 Å². The van der Waals surface area contributed by atoms with E-state index in [9.17, 15) is 13.2 Å². The van der Waals surface area contributed by atoms with Crippen molar-refractivity contribution in [3.63, 3.8) is 0 Å². The summed E-state index contributed by atoms with van der Waals surface area (Å²) in [4.78, 5) is 12.7. The molecule has 6 nitrogen and oxygen atoms in total. The van der Waals surface area contributed by atoms with Crippen molar-refractivity contribution in [2.75, 3.05) is 6.54 Å². The molecular formula is C18H28ClN3O3S. The Morgan fingerprint density at radius 2 is 1.88 bits per heavy atom. The lowest BCUT2D eigenvalue weighted by Gasteiger charge is -2.28. The molecule has 3 N–H and O–H groups in total. The SMILES string of the molecule is CC1CC(NC(=O)c2cccc(S(=O)(=O)NC3CCCC3)c2)CCN1.Cl. The van der Waals surface area contributed by atoms with E-state index < -0.39 is 10.0 Å². The molecule has 1 aliphatic carbocycles. The molecule has 1 heterocycles. The van der Waals surface area contributed by atoms with Crippen LogP contribution in [0.25, 0.3) is 0 Å². The van der Waals surface area contributed by atoms with Crippen LogP contribution in [0.15, 0.2) is 29.2 Å². The summed E-state index contributed by atoms with van der Waals surface area (Å²) in [5, 5.41) is 6.37. The van der Waals surface area contributed by atoms with Gasteiger partial charge < -0.3 is 10.6 Å². The van der Waals surface area contributed by atoms with E-state index in [1.165, 1.54) is 6.07 Å². The summed E-state index contributed by atoms with van der Waals surface area (Å²) in [5.41, 5.74) is 0.389. The lowest BCUT2D eigenvalue weighted by molar-refractivity contribution is 0.0925. The van der Waals surface area contributed by atoms with Crippen molar-refractivity contribution in [1.82, 2.24) is 15.4 Å². The average molecular weight is 402 g/mol. The molecule has 1 aliphatic heterocycles. The number of halogens is 1. The minimum atomic E-state index is -3.58. The number of piperidine rings is 1. The molecule has 2 aliphatic rings. The van der Waals surface area contributed by atoms with E-state index in [1.54, 1.807) is 18.2 Å². The Bertz CT molecular complexity index is 720. The predicted molar refractivity (Wildman–Crippen MR) is 104 cm³/mol. The first-order valence-electron chi connectivity index (χ1n) is 9.11. The molecule has 1 aromatic carbocycles. The summed E-state index contributed by atoms with van der Waals surface area (Å²) in [6, 6.07) is 6.82. The number of carbonyl (C=O) groups is 1. The van der Waals surface area contributed by atoms with Crippen LogP contribution in [0.5, 0.6) is 0 Å². The molecule has 3 rings (SSSR count). The summed E-state index contributed by atoms with van der Waals surface area (Å²) in [5.74, 6) is -0.211. The van der Waals surface area contributed by atoms with Crippen LogP contribution in [-0.2, 0) is 10.0 Å². The third-order valence-corrected chi connectivity index (χ3v) is 6.56. The number of benzene rings is 1. The molecule has 26 heavy (non-hydrogen) atoms. The van der Waals surface area contributed by atoms with Crippen molar-refractivity contribution in [2.24, 2.45) is 0 Å². The van der Waals surface area contributed by atoms with Gasteiger partial charge in [0.1, 0.15) is 0 Å². The summed E-state index contributed by atoms with van der Waals surface area (Å²) >= 11 is 0. The number of nitrogens with one attached hydrogen (secondary N) is 3. The molecule has 0 radical (unpaired) electrons. The fourth-order valence-corrected chi connectivity index (χ4v) is 5.02. The summed E-state index contributed by atoms with van der Waals surface area (Å²) < 4.78 is 27.8. The minimum Gasteiger partial charge on any atom is -0.349 e. The van der Waals surface area contributed by atoms with Gasteiger partial charge in [0.05, 0.1) is 4.90 Å². The van der Waals surface area contributed by atoms with Crippen LogP contribution in [0.1, 0.15) is 55.8 Å². The lowest BCUT2D eigenvalue weighted by Crippen LogP contribution is -2.46. The van der Waals surface area contributed by atoms with Crippen LogP contribution < -0.4 is 15.4 Å². The van der Waals surface area contributed by atoms with Crippen LogP contribution in [0, 0.1) is 0 Å². The van der Waals surface area contributed by atoms with E-state index in [1.807, 2.05) is 0 Å². The molecule has 0 bridgehead atoms. The lowest BCUT2D eigenvalue weighted by atomic mass is 10.0. The maximum Gasteiger partial charge on any atom is 0.251 e. The third kappa shape index (κ3) is 5.42. The fraction of sp³-hybridized carbons (Fsp3) is 0.611. The Kier molecular flexibility index (Phi) is 7.46. The summed E-state index contributed by atoms with van der Waals surface area (Å²) in [7, 11) is -3.58. The predicted octanol–water partition coefficient (Wildman–Crippen LogP) is 2.20. The van der Waals surface area contributed by atoms with Gasteiger partial charge in [0.15, 0.2) is 0 Å². The van der Waals surface area contributed by atoms with E-state index in [2.05, 4.69) is 22.3 Å². The van der Waals surface area contributed by atoms with Crippen molar-refractivity contribution in [3.05, 3.63) is 29.8 Å². The number of sulfonamides is 1. The summed E-state index contributed by atoms with van der Waals surface area (Å²) in [6.45, 7) is 2.98. The Hall–Kier alpha value is -1.15. The molecule has 2 atom stereocenters. The van der Waals surface area contributed by atoms with Crippen molar-refractivity contribution < 1.29 is 13.2 Å². The number of carbonyl (C=O) groups excluding carboxylic acids is 1. The van der Waals surface area contributed by atoms with Gasteiger partial charge in [-0.3, -0.25) is 4.79 Å². The Labute approximate surface area is 162 Å².